The predicted molar refractivity (Wildman–Crippen MR) is 227 cm³/mol. The van der Waals surface area contributed by atoms with Gasteiger partial charge in [-0.25, -0.2) is 0 Å². The molecule has 0 saturated heterocycles. The smallest absolute Gasteiger partial charge is 0.0540 e. The van der Waals surface area contributed by atoms with E-state index >= 15 is 0 Å². The number of fused-ring (bicyclic) bond motifs is 6. The lowest BCUT2D eigenvalue weighted by molar-refractivity contribution is 1.28. The lowest BCUT2D eigenvalue weighted by Gasteiger charge is -2.28. The van der Waals surface area contributed by atoms with Crippen LogP contribution in [0.15, 0.2) is 212 Å². The minimum absolute atomic E-state index is 1.10. The molecule has 0 fully saturated rings. The van der Waals surface area contributed by atoms with Crippen LogP contribution in [0, 0.1) is 0 Å². The van der Waals surface area contributed by atoms with Crippen LogP contribution in [0.5, 0.6) is 0 Å². The number of nitrogens with zero attached hydrogens (tertiary/aromatic N) is 1. The zero-order valence-electron chi connectivity index (χ0n) is 29.2. The van der Waals surface area contributed by atoms with E-state index in [0.717, 1.165) is 17.1 Å². The Balaban J connectivity index is 1.12. The number of rotatable bonds is 6. The van der Waals surface area contributed by atoms with E-state index in [1.165, 1.54) is 76.5 Å². The first-order valence-electron chi connectivity index (χ1n) is 18.3. The molecular weight excluding hydrogens is 639 g/mol. The van der Waals surface area contributed by atoms with Crippen molar-refractivity contribution in [1.82, 2.24) is 0 Å². The molecule has 0 aliphatic carbocycles. The van der Waals surface area contributed by atoms with Gasteiger partial charge in [-0.15, -0.1) is 0 Å². The van der Waals surface area contributed by atoms with E-state index in [2.05, 4.69) is 217 Å². The van der Waals surface area contributed by atoms with Gasteiger partial charge in [0.15, 0.2) is 0 Å². The Bertz CT molecular complexity index is 2920. The molecule has 10 aromatic carbocycles. The largest absolute Gasteiger partial charge is 0.310 e. The van der Waals surface area contributed by atoms with Crippen molar-refractivity contribution in [2.45, 2.75) is 0 Å². The molecule has 0 aliphatic heterocycles. The molecule has 0 atom stereocenters. The van der Waals surface area contributed by atoms with Crippen molar-refractivity contribution >= 4 is 60.2 Å². The third kappa shape index (κ3) is 5.51. The molecule has 10 aromatic rings. The third-order valence-electron chi connectivity index (χ3n) is 10.6. The average molecular weight is 674 g/mol. The topological polar surface area (TPSA) is 3.24 Å². The normalized spacial score (nSPS) is 11.4. The van der Waals surface area contributed by atoms with Crippen LogP contribution < -0.4 is 4.90 Å². The molecule has 0 aromatic heterocycles. The monoisotopic (exact) mass is 673 g/mol. The molecule has 0 saturated carbocycles. The van der Waals surface area contributed by atoms with Crippen LogP contribution in [0.2, 0.25) is 0 Å². The minimum Gasteiger partial charge on any atom is -0.310 e. The van der Waals surface area contributed by atoms with Crippen LogP contribution in [-0.4, -0.2) is 0 Å². The predicted octanol–water partition coefficient (Wildman–Crippen LogP) is 14.8. The lowest BCUT2D eigenvalue weighted by atomic mass is 9.90. The van der Waals surface area contributed by atoms with Gasteiger partial charge in [0, 0.05) is 16.9 Å². The molecule has 0 bridgehead atoms. The van der Waals surface area contributed by atoms with Crippen molar-refractivity contribution < 1.29 is 0 Å². The van der Waals surface area contributed by atoms with Crippen molar-refractivity contribution in [2.24, 2.45) is 0 Å². The third-order valence-corrected chi connectivity index (χ3v) is 10.6. The summed E-state index contributed by atoms with van der Waals surface area (Å²) in [7, 11) is 0. The molecule has 53 heavy (non-hydrogen) atoms. The Morgan fingerprint density at radius 3 is 1.58 bits per heavy atom. The van der Waals surface area contributed by atoms with Crippen LogP contribution >= 0.6 is 0 Å². The van der Waals surface area contributed by atoms with Crippen LogP contribution in [0.4, 0.5) is 17.1 Å². The van der Waals surface area contributed by atoms with Crippen molar-refractivity contribution in [3.8, 4) is 33.4 Å². The van der Waals surface area contributed by atoms with E-state index in [-0.39, 0.29) is 0 Å². The van der Waals surface area contributed by atoms with Crippen LogP contribution in [-0.2, 0) is 0 Å². The van der Waals surface area contributed by atoms with E-state index in [1.54, 1.807) is 0 Å². The number of benzene rings is 10. The standard InChI is InChI=1S/C52H35N/c1-2-13-38(14-3-1)47-19-10-11-21-51(47)53(44-29-24-37(25-30-44)42-23-22-36-12-4-5-16-41(36)34-42)45-31-26-40(27-32-45)50-35-43-17-7-8-18-46(43)49-33-28-39-15-6-9-20-48(39)52(49)50/h1-35H. The van der Waals surface area contributed by atoms with Gasteiger partial charge < -0.3 is 4.90 Å². The molecule has 0 N–H and O–H groups in total. The Kier molecular flexibility index (Phi) is 7.55. The van der Waals surface area contributed by atoms with E-state index < -0.39 is 0 Å². The number of anilines is 3. The number of para-hydroxylation sites is 1. The summed E-state index contributed by atoms with van der Waals surface area (Å²) in [5.74, 6) is 0. The fourth-order valence-electron chi connectivity index (χ4n) is 8.03. The highest BCUT2D eigenvalue weighted by atomic mass is 15.1. The molecule has 0 amide bonds. The van der Waals surface area contributed by atoms with Crippen molar-refractivity contribution in [1.29, 1.82) is 0 Å². The van der Waals surface area contributed by atoms with Gasteiger partial charge in [0.1, 0.15) is 0 Å². The summed E-state index contributed by atoms with van der Waals surface area (Å²) >= 11 is 0. The first-order chi connectivity index (χ1) is 26.3. The van der Waals surface area contributed by atoms with Gasteiger partial charge in [-0.2, -0.15) is 0 Å². The second kappa shape index (κ2) is 13.0. The van der Waals surface area contributed by atoms with Gasteiger partial charge in [-0.05, 0) is 113 Å². The molecule has 0 unspecified atom stereocenters. The van der Waals surface area contributed by atoms with E-state index in [9.17, 15) is 0 Å². The quantitative estimate of drug-likeness (QED) is 0.159. The Morgan fingerprint density at radius 2 is 0.811 bits per heavy atom. The average Bonchev–Trinajstić information content (AvgIpc) is 3.24. The summed E-state index contributed by atoms with van der Waals surface area (Å²) in [6, 6.07) is 77.2. The maximum atomic E-state index is 2.39. The Morgan fingerprint density at radius 1 is 0.264 bits per heavy atom. The SMILES string of the molecule is c1ccc(-c2ccccc2N(c2ccc(-c3ccc4ccccc4c3)cc2)c2ccc(-c3cc4ccccc4c4ccc5ccccc5c34)cc2)cc1. The molecule has 1 nitrogen and oxygen atoms in total. The second-order valence-corrected chi connectivity index (χ2v) is 13.7. The second-order valence-electron chi connectivity index (χ2n) is 13.7. The number of hydrogen-bond acceptors (Lipinski definition) is 1. The summed E-state index contributed by atoms with van der Waals surface area (Å²) in [5.41, 5.74) is 10.6. The van der Waals surface area contributed by atoms with Gasteiger partial charge in [-0.1, -0.05) is 170 Å². The minimum atomic E-state index is 1.10. The van der Waals surface area contributed by atoms with Gasteiger partial charge in [0.2, 0.25) is 0 Å². The summed E-state index contributed by atoms with van der Waals surface area (Å²) in [6.45, 7) is 0. The molecule has 0 heterocycles. The maximum Gasteiger partial charge on any atom is 0.0540 e. The summed E-state index contributed by atoms with van der Waals surface area (Å²) < 4.78 is 0. The van der Waals surface area contributed by atoms with E-state index in [4.69, 9.17) is 0 Å². The summed E-state index contributed by atoms with van der Waals surface area (Å²) in [4.78, 5) is 2.39. The fourth-order valence-corrected chi connectivity index (χ4v) is 8.03. The highest BCUT2D eigenvalue weighted by molar-refractivity contribution is 6.23. The number of hydrogen-bond donors (Lipinski definition) is 0. The van der Waals surface area contributed by atoms with Crippen molar-refractivity contribution in [3.63, 3.8) is 0 Å². The lowest BCUT2D eigenvalue weighted by Crippen LogP contribution is -2.11. The highest BCUT2D eigenvalue weighted by Crippen LogP contribution is 2.44. The zero-order valence-corrected chi connectivity index (χ0v) is 29.2. The summed E-state index contributed by atoms with van der Waals surface area (Å²) in [5, 5.41) is 10.1. The molecule has 0 radical (unpaired) electrons. The molecular formula is C52H35N. The van der Waals surface area contributed by atoms with Gasteiger partial charge in [0.05, 0.1) is 5.69 Å². The Hall–Kier alpha value is -6.96. The van der Waals surface area contributed by atoms with E-state index in [1.807, 2.05) is 0 Å². The van der Waals surface area contributed by atoms with Crippen LogP contribution in [0.3, 0.4) is 0 Å². The first-order valence-corrected chi connectivity index (χ1v) is 18.3. The molecule has 0 spiro atoms. The van der Waals surface area contributed by atoms with Crippen LogP contribution in [0.25, 0.3) is 76.5 Å². The molecule has 248 valence electrons. The first kappa shape index (κ1) is 30.8. The highest BCUT2D eigenvalue weighted by Gasteiger charge is 2.18. The van der Waals surface area contributed by atoms with Crippen molar-refractivity contribution in [2.75, 3.05) is 4.90 Å². The maximum absolute atomic E-state index is 2.39. The molecule has 0 aliphatic rings. The van der Waals surface area contributed by atoms with E-state index in [0.29, 0.717) is 0 Å². The summed E-state index contributed by atoms with van der Waals surface area (Å²) in [6.07, 6.45) is 0. The van der Waals surface area contributed by atoms with Crippen LogP contribution in [0.1, 0.15) is 0 Å². The van der Waals surface area contributed by atoms with Gasteiger partial charge in [-0.3, -0.25) is 0 Å². The fraction of sp³-hybridized carbons (Fsp3) is 0. The van der Waals surface area contributed by atoms with Crippen molar-refractivity contribution in [3.05, 3.63) is 212 Å². The molecule has 10 rings (SSSR count). The van der Waals surface area contributed by atoms with Gasteiger partial charge >= 0.3 is 0 Å². The van der Waals surface area contributed by atoms with Gasteiger partial charge in [0.25, 0.3) is 0 Å². The molecule has 1 heteroatoms. The Labute approximate surface area is 309 Å². The zero-order chi connectivity index (χ0) is 35.1.